The first kappa shape index (κ1) is 12.3. The van der Waals surface area contributed by atoms with Gasteiger partial charge in [0, 0.05) is 35.6 Å². The fourth-order valence-electron chi connectivity index (χ4n) is 4.44. The van der Waals surface area contributed by atoms with Crippen molar-refractivity contribution in [3.05, 3.63) is 64.8 Å². The van der Waals surface area contributed by atoms with Crippen LogP contribution in [0.2, 0.25) is 0 Å². The highest BCUT2D eigenvalue weighted by atomic mass is 16.3. The second kappa shape index (κ2) is 4.14. The first-order chi connectivity index (χ1) is 10.7. The summed E-state index contributed by atoms with van der Waals surface area (Å²) >= 11 is 0. The van der Waals surface area contributed by atoms with Crippen molar-refractivity contribution >= 4 is 10.9 Å². The number of phenols is 1. The van der Waals surface area contributed by atoms with E-state index in [0.29, 0.717) is 17.7 Å². The molecule has 3 heteroatoms. The molecule has 0 spiro atoms. The second-order valence-electron chi connectivity index (χ2n) is 6.63. The van der Waals surface area contributed by atoms with E-state index in [4.69, 9.17) is 0 Å². The van der Waals surface area contributed by atoms with Crippen LogP contribution in [-0.2, 0) is 13.0 Å². The van der Waals surface area contributed by atoms with Gasteiger partial charge in [-0.05, 0) is 53.9 Å². The van der Waals surface area contributed by atoms with E-state index in [0.717, 1.165) is 13.0 Å². The van der Waals surface area contributed by atoms with Crippen molar-refractivity contribution in [1.82, 2.24) is 9.88 Å². The topological polar surface area (TPSA) is 39.3 Å². The van der Waals surface area contributed by atoms with Crippen molar-refractivity contribution in [1.29, 1.82) is 0 Å². The van der Waals surface area contributed by atoms with Gasteiger partial charge in [0.15, 0.2) is 0 Å². The molecule has 3 aromatic rings. The number of nitrogens with one attached hydrogen (secondary N) is 1. The van der Waals surface area contributed by atoms with Crippen LogP contribution in [0.15, 0.2) is 42.6 Å². The zero-order chi connectivity index (χ0) is 14.8. The number of likely N-dealkylation sites (N-methyl/N-ethyl adjacent to an activating group) is 1. The number of rotatable bonds is 0. The summed E-state index contributed by atoms with van der Waals surface area (Å²) < 4.78 is 0. The molecule has 0 bridgehead atoms. The van der Waals surface area contributed by atoms with Crippen molar-refractivity contribution in [2.24, 2.45) is 0 Å². The monoisotopic (exact) mass is 290 g/mol. The molecular formula is C19H18N2O. The van der Waals surface area contributed by atoms with Gasteiger partial charge in [-0.3, -0.25) is 4.90 Å². The lowest BCUT2D eigenvalue weighted by Gasteiger charge is -2.43. The predicted octanol–water partition coefficient (Wildman–Crippen LogP) is 3.38. The highest BCUT2D eigenvalue weighted by Gasteiger charge is 2.38. The van der Waals surface area contributed by atoms with E-state index in [1.165, 1.54) is 33.2 Å². The largest absolute Gasteiger partial charge is 0.508 e. The van der Waals surface area contributed by atoms with Gasteiger partial charge in [0.25, 0.3) is 0 Å². The number of aromatic nitrogens is 1. The summed E-state index contributed by atoms with van der Waals surface area (Å²) in [6, 6.07) is 12.8. The van der Waals surface area contributed by atoms with Crippen LogP contribution in [0.5, 0.6) is 5.75 Å². The van der Waals surface area contributed by atoms with E-state index in [1.54, 1.807) is 6.07 Å². The minimum Gasteiger partial charge on any atom is -0.508 e. The van der Waals surface area contributed by atoms with Gasteiger partial charge in [0.2, 0.25) is 0 Å². The Morgan fingerprint density at radius 2 is 2.05 bits per heavy atom. The van der Waals surface area contributed by atoms with Gasteiger partial charge >= 0.3 is 0 Å². The summed E-state index contributed by atoms with van der Waals surface area (Å²) in [4.78, 5) is 5.87. The number of hydrogen-bond donors (Lipinski definition) is 2. The molecule has 5 rings (SSSR count). The lowest BCUT2D eigenvalue weighted by Crippen LogP contribution is -2.44. The third kappa shape index (κ3) is 1.49. The van der Waals surface area contributed by atoms with Gasteiger partial charge in [0.05, 0.1) is 0 Å². The van der Waals surface area contributed by atoms with Crippen molar-refractivity contribution in [3.63, 3.8) is 0 Å². The van der Waals surface area contributed by atoms with E-state index in [2.05, 4.69) is 47.4 Å². The van der Waals surface area contributed by atoms with Gasteiger partial charge in [-0.1, -0.05) is 18.2 Å². The molecular weight excluding hydrogens is 272 g/mol. The van der Waals surface area contributed by atoms with Crippen molar-refractivity contribution < 1.29 is 5.11 Å². The number of fused-ring (bicyclic) bond motifs is 4. The van der Waals surface area contributed by atoms with Crippen LogP contribution in [0.3, 0.4) is 0 Å². The molecule has 2 atom stereocenters. The van der Waals surface area contributed by atoms with Crippen molar-refractivity contribution in [2.45, 2.75) is 24.9 Å². The average molecular weight is 290 g/mol. The molecule has 1 aliphatic heterocycles. The molecule has 2 heterocycles. The standard InChI is InChI=1S/C19H18N2O/c1-21-10-11-5-6-13(22)8-15(11)19-14-3-2-4-16-18(14)12(9-20-16)7-17(19)21/h2-6,8-9,17,19-20,22H,7,10H2,1H3/t17-,19+/m0/s1. The maximum absolute atomic E-state index is 9.97. The summed E-state index contributed by atoms with van der Waals surface area (Å²) in [5.41, 5.74) is 6.66. The van der Waals surface area contributed by atoms with Crippen LogP contribution in [0, 0.1) is 0 Å². The van der Waals surface area contributed by atoms with Gasteiger partial charge in [-0.15, -0.1) is 0 Å². The van der Waals surface area contributed by atoms with Crippen molar-refractivity contribution in [2.75, 3.05) is 7.05 Å². The summed E-state index contributed by atoms with van der Waals surface area (Å²) in [6.45, 7) is 0.951. The molecule has 1 aromatic heterocycles. The van der Waals surface area contributed by atoms with Gasteiger partial charge in [-0.25, -0.2) is 0 Å². The number of aromatic amines is 1. The van der Waals surface area contributed by atoms with Crippen LogP contribution < -0.4 is 0 Å². The summed E-state index contributed by atoms with van der Waals surface area (Å²) in [6.07, 6.45) is 3.23. The van der Waals surface area contributed by atoms with E-state index >= 15 is 0 Å². The minimum absolute atomic E-state index is 0.341. The Hall–Kier alpha value is -2.26. The van der Waals surface area contributed by atoms with Gasteiger partial charge in [-0.2, -0.15) is 0 Å². The van der Waals surface area contributed by atoms with Crippen LogP contribution in [0.25, 0.3) is 10.9 Å². The lowest BCUT2D eigenvalue weighted by molar-refractivity contribution is 0.193. The average Bonchev–Trinajstić information content (AvgIpc) is 2.93. The van der Waals surface area contributed by atoms with Gasteiger partial charge in [0.1, 0.15) is 5.75 Å². The Morgan fingerprint density at radius 1 is 1.14 bits per heavy atom. The fraction of sp³-hybridized carbons (Fsp3) is 0.263. The number of hydrogen-bond acceptors (Lipinski definition) is 2. The van der Waals surface area contributed by atoms with E-state index in [1.807, 2.05) is 6.07 Å². The summed E-state index contributed by atoms with van der Waals surface area (Å²) in [5.74, 6) is 0.710. The van der Waals surface area contributed by atoms with Crippen LogP contribution in [0.1, 0.15) is 28.2 Å². The zero-order valence-electron chi connectivity index (χ0n) is 12.5. The van der Waals surface area contributed by atoms with E-state index in [9.17, 15) is 5.11 Å². The Kier molecular flexibility index (Phi) is 2.32. The highest BCUT2D eigenvalue weighted by molar-refractivity contribution is 5.89. The molecule has 0 saturated heterocycles. The molecule has 0 radical (unpaired) electrons. The van der Waals surface area contributed by atoms with Crippen LogP contribution in [-0.4, -0.2) is 28.1 Å². The molecule has 0 amide bonds. The van der Waals surface area contributed by atoms with E-state index in [-0.39, 0.29) is 0 Å². The van der Waals surface area contributed by atoms with Crippen LogP contribution >= 0.6 is 0 Å². The number of H-pyrrole nitrogens is 1. The zero-order valence-corrected chi connectivity index (χ0v) is 12.5. The Bertz CT molecular complexity index is 896. The molecule has 0 unspecified atom stereocenters. The number of aromatic hydroxyl groups is 1. The number of benzene rings is 2. The molecule has 0 saturated carbocycles. The first-order valence-corrected chi connectivity index (χ1v) is 7.83. The SMILES string of the molecule is CN1Cc2ccc(O)cc2[C@H]2c3cccc4[nH]cc(c34)C[C@@H]21. The van der Waals surface area contributed by atoms with E-state index < -0.39 is 0 Å². The van der Waals surface area contributed by atoms with Gasteiger partial charge < -0.3 is 10.1 Å². The smallest absolute Gasteiger partial charge is 0.115 e. The molecule has 2 aliphatic rings. The highest BCUT2D eigenvalue weighted by Crippen LogP contribution is 2.46. The molecule has 2 aromatic carbocycles. The summed E-state index contributed by atoms with van der Waals surface area (Å²) in [5, 5.41) is 11.4. The molecule has 3 nitrogen and oxygen atoms in total. The second-order valence-corrected chi connectivity index (χ2v) is 6.63. The fourth-order valence-corrected chi connectivity index (χ4v) is 4.44. The number of phenolic OH excluding ortho intramolecular Hbond substituents is 1. The number of nitrogens with zero attached hydrogens (tertiary/aromatic N) is 1. The Labute approximate surface area is 129 Å². The maximum Gasteiger partial charge on any atom is 0.115 e. The third-order valence-corrected chi connectivity index (χ3v) is 5.42. The molecule has 0 fully saturated rings. The molecule has 22 heavy (non-hydrogen) atoms. The predicted molar refractivity (Wildman–Crippen MR) is 87.2 cm³/mol. The molecule has 110 valence electrons. The minimum atomic E-state index is 0.341. The van der Waals surface area contributed by atoms with Crippen molar-refractivity contribution in [3.8, 4) is 5.75 Å². The quantitative estimate of drug-likeness (QED) is 0.666. The lowest BCUT2D eigenvalue weighted by atomic mass is 9.72. The Balaban J connectivity index is 1.83. The third-order valence-electron chi connectivity index (χ3n) is 5.42. The first-order valence-electron chi connectivity index (χ1n) is 7.83. The molecule has 1 aliphatic carbocycles. The maximum atomic E-state index is 9.97. The summed E-state index contributed by atoms with van der Waals surface area (Å²) in [7, 11) is 2.21. The van der Waals surface area contributed by atoms with Crippen LogP contribution in [0.4, 0.5) is 0 Å². The Morgan fingerprint density at radius 3 is 2.95 bits per heavy atom. The normalized spacial score (nSPS) is 23.3. The molecule has 2 N–H and O–H groups in total.